The van der Waals surface area contributed by atoms with Gasteiger partial charge in [0.15, 0.2) is 4.34 Å². The maximum atomic E-state index is 13.8. The number of likely N-dealkylation sites (tertiary alicyclic amines) is 1. The van der Waals surface area contributed by atoms with Gasteiger partial charge in [-0.3, -0.25) is 9.59 Å². The minimum Gasteiger partial charge on any atom is -0.391 e. The molecule has 2 atom stereocenters. The average molecular weight is 410 g/mol. The monoisotopic (exact) mass is 410 g/mol. The largest absolute Gasteiger partial charge is 0.391 e. The van der Waals surface area contributed by atoms with Crippen molar-refractivity contribution < 1.29 is 19.1 Å². The lowest BCUT2D eigenvalue weighted by Gasteiger charge is -2.23. The first-order chi connectivity index (χ1) is 13.0. The fraction of sp³-hybridized carbons (Fsp3) is 0.412. The summed E-state index contributed by atoms with van der Waals surface area (Å²) >= 11 is 2.85. The van der Waals surface area contributed by atoms with E-state index in [9.17, 15) is 19.1 Å². The van der Waals surface area contributed by atoms with E-state index in [4.69, 9.17) is 0 Å². The van der Waals surface area contributed by atoms with E-state index in [1.165, 1.54) is 40.1 Å². The number of nitrogens with zero attached hydrogens (tertiary/aromatic N) is 3. The van der Waals surface area contributed by atoms with Crippen LogP contribution in [0.25, 0.3) is 0 Å². The molecule has 2 aromatic rings. The summed E-state index contributed by atoms with van der Waals surface area (Å²) in [5, 5.41) is 21.3. The van der Waals surface area contributed by atoms with Crippen molar-refractivity contribution in [2.75, 3.05) is 12.8 Å². The molecule has 1 aliphatic heterocycles. The van der Waals surface area contributed by atoms with Crippen molar-refractivity contribution in [2.24, 2.45) is 0 Å². The van der Waals surface area contributed by atoms with E-state index in [0.717, 1.165) is 4.34 Å². The SMILES string of the molecule is CSc1nnc(CNC(=O)C2CC(O)CN2C(=O)Cc2ccccc2F)s1. The molecule has 10 heteroatoms. The third kappa shape index (κ3) is 4.82. The molecule has 0 saturated carbocycles. The number of amides is 2. The van der Waals surface area contributed by atoms with Gasteiger partial charge in [-0.15, -0.1) is 10.2 Å². The summed E-state index contributed by atoms with van der Waals surface area (Å²) in [6, 6.07) is 5.24. The number of hydrogen-bond acceptors (Lipinski definition) is 7. The Balaban J connectivity index is 1.63. The highest BCUT2D eigenvalue weighted by molar-refractivity contribution is 8.00. The van der Waals surface area contributed by atoms with Gasteiger partial charge in [0.2, 0.25) is 11.8 Å². The van der Waals surface area contributed by atoms with E-state index in [2.05, 4.69) is 15.5 Å². The van der Waals surface area contributed by atoms with E-state index in [-0.39, 0.29) is 37.4 Å². The molecular weight excluding hydrogens is 391 g/mol. The molecule has 2 N–H and O–H groups in total. The zero-order valence-electron chi connectivity index (χ0n) is 14.6. The van der Waals surface area contributed by atoms with Crippen LogP contribution in [0, 0.1) is 5.82 Å². The van der Waals surface area contributed by atoms with Gasteiger partial charge in [-0.25, -0.2) is 4.39 Å². The predicted octanol–water partition coefficient (Wildman–Crippen LogP) is 1.22. The Labute approximate surface area is 164 Å². The van der Waals surface area contributed by atoms with Crippen LogP contribution in [0.1, 0.15) is 17.0 Å². The van der Waals surface area contributed by atoms with E-state index in [1.54, 1.807) is 12.1 Å². The van der Waals surface area contributed by atoms with Gasteiger partial charge < -0.3 is 15.3 Å². The third-order valence-corrected chi connectivity index (χ3v) is 6.14. The lowest BCUT2D eigenvalue weighted by molar-refractivity contribution is -0.138. The molecule has 1 aliphatic rings. The quantitative estimate of drug-likeness (QED) is 0.696. The second kappa shape index (κ2) is 8.77. The zero-order chi connectivity index (χ0) is 19.4. The van der Waals surface area contributed by atoms with Crippen molar-refractivity contribution in [1.82, 2.24) is 20.4 Å². The smallest absolute Gasteiger partial charge is 0.243 e. The van der Waals surface area contributed by atoms with Gasteiger partial charge in [-0.2, -0.15) is 0 Å². The molecule has 1 aromatic heterocycles. The Morgan fingerprint density at radius 3 is 2.89 bits per heavy atom. The first kappa shape index (κ1) is 19.7. The van der Waals surface area contributed by atoms with Crippen LogP contribution >= 0.6 is 23.1 Å². The van der Waals surface area contributed by atoms with E-state index in [1.807, 2.05) is 6.26 Å². The summed E-state index contributed by atoms with van der Waals surface area (Å²) in [5.41, 5.74) is 0.265. The standard InChI is InChI=1S/C17H19FN4O3S2/c1-26-17-21-20-14(27-17)8-19-16(25)13-7-11(23)9-22(13)15(24)6-10-4-2-3-5-12(10)18/h2-5,11,13,23H,6-9H2,1H3,(H,19,25). The highest BCUT2D eigenvalue weighted by Gasteiger charge is 2.38. The van der Waals surface area contributed by atoms with E-state index >= 15 is 0 Å². The summed E-state index contributed by atoms with van der Waals surface area (Å²) in [7, 11) is 0. The molecule has 144 valence electrons. The first-order valence-electron chi connectivity index (χ1n) is 8.33. The number of carbonyl (C=O) groups excluding carboxylic acids is 2. The molecule has 1 fully saturated rings. The van der Waals surface area contributed by atoms with E-state index < -0.39 is 23.9 Å². The molecule has 1 aromatic carbocycles. The number of benzene rings is 1. The molecule has 0 bridgehead atoms. The van der Waals surface area contributed by atoms with Crippen LogP contribution in [0.3, 0.4) is 0 Å². The van der Waals surface area contributed by atoms with Gasteiger partial charge in [-0.1, -0.05) is 41.3 Å². The molecule has 0 spiro atoms. The molecule has 0 aliphatic carbocycles. The minimum atomic E-state index is -0.785. The molecule has 3 rings (SSSR count). The van der Waals surface area contributed by atoms with Gasteiger partial charge in [0.1, 0.15) is 16.9 Å². The number of nitrogens with one attached hydrogen (secondary N) is 1. The normalized spacial score (nSPS) is 19.3. The summed E-state index contributed by atoms with van der Waals surface area (Å²) < 4.78 is 14.6. The minimum absolute atomic E-state index is 0.0564. The Hall–Kier alpha value is -2.04. The maximum Gasteiger partial charge on any atom is 0.243 e. The number of aromatic nitrogens is 2. The van der Waals surface area contributed by atoms with Crippen molar-refractivity contribution in [1.29, 1.82) is 0 Å². The highest BCUT2D eigenvalue weighted by atomic mass is 32.2. The molecular formula is C17H19FN4O3S2. The summed E-state index contributed by atoms with van der Waals surface area (Å²) in [6.07, 6.45) is 1.11. The van der Waals surface area contributed by atoms with Crippen molar-refractivity contribution >= 4 is 34.9 Å². The Morgan fingerprint density at radius 1 is 1.41 bits per heavy atom. The van der Waals surface area contributed by atoms with Gasteiger partial charge >= 0.3 is 0 Å². The Morgan fingerprint density at radius 2 is 2.19 bits per heavy atom. The number of aliphatic hydroxyl groups is 1. The molecule has 2 amide bonds. The summed E-state index contributed by atoms with van der Waals surface area (Å²) in [5.74, 6) is -1.22. The van der Waals surface area contributed by atoms with Gasteiger partial charge in [0.25, 0.3) is 0 Å². The number of aliphatic hydroxyl groups excluding tert-OH is 1. The van der Waals surface area contributed by atoms with Crippen molar-refractivity contribution in [3.05, 3.63) is 40.7 Å². The van der Waals surface area contributed by atoms with Crippen LogP contribution in [0.2, 0.25) is 0 Å². The van der Waals surface area contributed by atoms with Crippen LogP contribution in [-0.2, 0) is 22.6 Å². The fourth-order valence-corrected chi connectivity index (χ4v) is 4.17. The Kier molecular flexibility index (Phi) is 6.40. The maximum absolute atomic E-state index is 13.8. The number of hydrogen-bond donors (Lipinski definition) is 2. The lowest BCUT2D eigenvalue weighted by Crippen LogP contribution is -2.46. The van der Waals surface area contributed by atoms with Crippen molar-refractivity contribution in [2.45, 2.75) is 35.9 Å². The number of β-amino-alcohol motifs (C(OH)–C–C–N with tert-alkyl or cyclic N) is 1. The van der Waals surface area contributed by atoms with Gasteiger partial charge in [-0.05, 0) is 17.9 Å². The topological polar surface area (TPSA) is 95.4 Å². The second-order valence-corrected chi connectivity index (χ2v) is 8.22. The van der Waals surface area contributed by atoms with Gasteiger partial charge in [0, 0.05) is 13.0 Å². The Bertz CT molecular complexity index is 832. The van der Waals surface area contributed by atoms with Crippen LogP contribution in [0.4, 0.5) is 4.39 Å². The van der Waals surface area contributed by atoms with E-state index in [0.29, 0.717) is 5.01 Å². The predicted molar refractivity (Wildman–Crippen MR) is 99.8 cm³/mol. The average Bonchev–Trinajstić information content (AvgIpc) is 3.28. The second-order valence-electron chi connectivity index (χ2n) is 6.10. The zero-order valence-corrected chi connectivity index (χ0v) is 16.2. The van der Waals surface area contributed by atoms with Crippen molar-refractivity contribution in [3.63, 3.8) is 0 Å². The highest BCUT2D eigenvalue weighted by Crippen LogP contribution is 2.22. The summed E-state index contributed by atoms with van der Waals surface area (Å²) in [6.45, 7) is 0.264. The number of rotatable bonds is 6. The molecule has 7 nitrogen and oxygen atoms in total. The van der Waals surface area contributed by atoms with Crippen LogP contribution in [0.15, 0.2) is 28.6 Å². The molecule has 1 saturated heterocycles. The molecule has 2 heterocycles. The van der Waals surface area contributed by atoms with Crippen LogP contribution in [0.5, 0.6) is 0 Å². The van der Waals surface area contributed by atoms with Crippen LogP contribution in [-0.4, -0.2) is 57.0 Å². The first-order valence-corrected chi connectivity index (χ1v) is 10.4. The number of thioether (sulfide) groups is 1. The lowest BCUT2D eigenvalue weighted by atomic mass is 10.1. The summed E-state index contributed by atoms with van der Waals surface area (Å²) in [4.78, 5) is 26.4. The molecule has 0 radical (unpaired) electrons. The molecule has 2 unspecified atom stereocenters. The van der Waals surface area contributed by atoms with Crippen LogP contribution < -0.4 is 5.32 Å². The molecule has 27 heavy (non-hydrogen) atoms. The number of halogens is 1. The number of carbonyl (C=O) groups is 2. The fourth-order valence-electron chi connectivity index (χ4n) is 2.92. The van der Waals surface area contributed by atoms with Gasteiger partial charge in [0.05, 0.1) is 19.1 Å². The third-order valence-electron chi connectivity index (χ3n) is 4.24. The van der Waals surface area contributed by atoms with Crippen molar-refractivity contribution in [3.8, 4) is 0 Å².